The first-order valence-corrected chi connectivity index (χ1v) is 11.5. The molecule has 1 aliphatic rings. The van der Waals surface area contributed by atoms with Crippen molar-refractivity contribution >= 4 is 50.5 Å². The number of aliphatic imine (C=N–C) groups is 1. The molecule has 1 fully saturated rings. The summed E-state index contributed by atoms with van der Waals surface area (Å²) in [6.45, 7) is 6.64. The van der Waals surface area contributed by atoms with Gasteiger partial charge in [0, 0.05) is 6.54 Å². The standard InChI is InChI=1S/C23H25BrN2O3S/c1-5-15(3)29-20-12-7-16(13-19(20)24)14-21-22(27)26(6-2)23(30-21)25-17-8-10-18(28-4)11-9-17/h7-15H,5-6H2,1-4H3/b21-14+,25-23?/t15-/m1/s1. The number of likely N-dealkylation sites (N-methyl/N-ethyl adjacent to an activating group) is 1. The summed E-state index contributed by atoms with van der Waals surface area (Å²) in [6, 6.07) is 13.3. The Kier molecular flexibility index (Phi) is 7.61. The van der Waals surface area contributed by atoms with Gasteiger partial charge in [0.1, 0.15) is 11.5 Å². The fraction of sp³-hybridized carbons (Fsp3) is 0.304. The number of hydrogen-bond donors (Lipinski definition) is 0. The van der Waals surface area contributed by atoms with Crippen LogP contribution < -0.4 is 9.47 Å². The van der Waals surface area contributed by atoms with Crippen molar-refractivity contribution in [2.45, 2.75) is 33.3 Å². The third kappa shape index (κ3) is 5.26. The van der Waals surface area contributed by atoms with E-state index in [-0.39, 0.29) is 12.0 Å². The molecule has 5 nitrogen and oxygen atoms in total. The molecule has 0 radical (unpaired) electrons. The summed E-state index contributed by atoms with van der Waals surface area (Å²) in [5, 5.41) is 0.676. The first-order chi connectivity index (χ1) is 14.4. The third-order valence-corrected chi connectivity index (χ3v) is 6.28. The predicted molar refractivity (Wildman–Crippen MR) is 128 cm³/mol. The Labute approximate surface area is 190 Å². The number of halogens is 1. The molecule has 0 spiro atoms. The van der Waals surface area contributed by atoms with Gasteiger partial charge in [-0.25, -0.2) is 4.99 Å². The Hall–Kier alpha value is -2.25. The summed E-state index contributed by atoms with van der Waals surface area (Å²) >= 11 is 4.96. The summed E-state index contributed by atoms with van der Waals surface area (Å²) < 4.78 is 12.0. The van der Waals surface area contributed by atoms with Crippen LogP contribution in [0.2, 0.25) is 0 Å². The maximum absolute atomic E-state index is 12.9. The quantitative estimate of drug-likeness (QED) is 0.431. The van der Waals surface area contributed by atoms with Gasteiger partial charge in [0.15, 0.2) is 5.17 Å². The van der Waals surface area contributed by atoms with Crippen molar-refractivity contribution in [1.82, 2.24) is 4.90 Å². The van der Waals surface area contributed by atoms with Gasteiger partial charge < -0.3 is 9.47 Å². The predicted octanol–water partition coefficient (Wildman–Crippen LogP) is 6.26. The number of benzene rings is 2. The molecule has 158 valence electrons. The molecule has 2 aromatic rings. The molecule has 0 bridgehead atoms. The van der Waals surface area contributed by atoms with Gasteiger partial charge in [0.05, 0.1) is 28.3 Å². The fourth-order valence-corrected chi connectivity index (χ4v) is 4.34. The number of carbonyl (C=O) groups is 1. The van der Waals surface area contributed by atoms with E-state index in [1.54, 1.807) is 12.0 Å². The van der Waals surface area contributed by atoms with Crippen molar-refractivity contribution in [2.75, 3.05) is 13.7 Å². The number of ether oxygens (including phenoxy) is 2. The van der Waals surface area contributed by atoms with Crippen molar-refractivity contribution in [2.24, 2.45) is 4.99 Å². The Morgan fingerprint density at radius 1 is 1.20 bits per heavy atom. The minimum absolute atomic E-state index is 0.0363. The molecule has 1 atom stereocenters. The van der Waals surface area contributed by atoms with E-state index < -0.39 is 0 Å². The second-order valence-corrected chi connectivity index (χ2v) is 8.64. The maximum Gasteiger partial charge on any atom is 0.266 e. The van der Waals surface area contributed by atoms with Crippen LogP contribution in [0.15, 0.2) is 56.8 Å². The molecule has 0 unspecified atom stereocenters. The van der Waals surface area contributed by atoms with Crippen LogP contribution in [0.4, 0.5) is 5.69 Å². The molecule has 0 aliphatic carbocycles. The monoisotopic (exact) mass is 488 g/mol. The smallest absolute Gasteiger partial charge is 0.266 e. The molecule has 1 aliphatic heterocycles. The van der Waals surface area contributed by atoms with Crippen LogP contribution in [0.1, 0.15) is 32.8 Å². The van der Waals surface area contributed by atoms with Gasteiger partial charge >= 0.3 is 0 Å². The van der Waals surface area contributed by atoms with Crippen LogP contribution in [0.25, 0.3) is 6.08 Å². The van der Waals surface area contributed by atoms with Crippen LogP contribution in [-0.4, -0.2) is 35.7 Å². The molecule has 7 heteroatoms. The Morgan fingerprint density at radius 2 is 1.93 bits per heavy atom. The van der Waals surface area contributed by atoms with Crippen molar-refractivity contribution < 1.29 is 14.3 Å². The Balaban J connectivity index is 1.84. The van der Waals surface area contributed by atoms with Gasteiger partial charge in [-0.1, -0.05) is 13.0 Å². The van der Waals surface area contributed by atoms with Crippen molar-refractivity contribution in [3.05, 3.63) is 57.4 Å². The van der Waals surface area contributed by atoms with Gasteiger partial charge in [-0.3, -0.25) is 9.69 Å². The second-order valence-electron chi connectivity index (χ2n) is 6.78. The van der Waals surface area contributed by atoms with Gasteiger partial charge in [0.2, 0.25) is 0 Å². The van der Waals surface area contributed by atoms with E-state index in [4.69, 9.17) is 9.47 Å². The van der Waals surface area contributed by atoms with Gasteiger partial charge in [-0.15, -0.1) is 0 Å². The number of hydrogen-bond acceptors (Lipinski definition) is 5. The topological polar surface area (TPSA) is 51.1 Å². The number of rotatable bonds is 7. The lowest BCUT2D eigenvalue weighted by Crippen LogP contribution is -2.28. The van der Waals surface area contributed by atoms with E-state index in [9.17, 15) is 4.79 Å². The Morgan fingerprint density at radius 3 is 2.53 bits per heavy atom. The molecule has 2 aromatic carbocycles. The molecular formula is C23H25BrN2O3S. The van der Waals surface area contributed by atoms with E-state index in [0.29, 0.717) is 16.6 Å². The van der Waals surface area contributed by atoms with E-state index in [1.165, 1.54) is 11.8 Å². The highest BCUT2D eigenvalue weighted by atomic mass is 79.9. The normalized spacial score (nSPS) is 17.6. The highest BCUT2D eigenvalue weighted by Gasteiger charge is 2.32. The van der Waals surface area contributed by atoms with Crippen LogP contribution in [-0.2, 0) is 4.79 Å². The zero-order valence-corrected chi connectivity index (χ0v) is 19.9. The number of methoxy groups -OCH3 is 1. The molecule has 1 heterocycles. The minimum Gasteiger partial charge on any atom is -0.497 e. The molecule has 0 N–H and O–H groups in total. The number of carbonyl (C=O) groups excluding carboxylic acids is 1. The summed E-state index contributed by atoms with van der Waals surface area (Å²) in [4.78, 5) is 19.9. The average molecular weight is 489 g/mol. The van der Waals surface area contributed by atoms with Crippen molar-refractivity contribution in [3.8, 4) is 11.5 Å². The van der Waals surface area contributed by atoms with Gasteiger partial charge in [-0.2, -0.15) is 0 Å². The summed E-state index contributed by atoms with van der Waals surface area (Å²) in [7, 11) is 1.63. The molecule has 0 saturated carbocycles. The van der Waals surface area contributed by atoms with Crippen LogP contribution in [0.3, 0.4) is 0 Å². The molecule has 0 aromatic heterocycles. The van der Waals surface area contributed by atoms with Crippen molar-refractivity contribution in [1.29, 1.82) is 0 Å². The van der Waals surface area contributed by atoms with Gasteiger partial charge in [0.25, 0.3) is 5.91 Å². The number of nitrogens with zero attached hydrogens (tertiary/aromatic N) is 2. The lowest BCUT2D eigenvalue weighted by Gasteiger charge is -2.14. The summed E-state index contributed by atoms with van der Waals surface area (Å²) in [5.41, 5.74) is 1.70. The molecular weight excluding hydrogens is 464 g/mol. The molecule has 1 amide bonds. The van der Waals surface area contributed by atoms with Crippen LogP contribution >= 0.6 is 27.7 Å². The average Bonchev–Trinajstić information content (AvgIpc) is 3.04. The van der Waals surface area contributed by atoms with E-state index in [0.717, 1.165) is 33.6 Å². The number of amidine groups is 1. The SMILES string of the molecule is CC[C@@H](C)Oc1ccc(/C=C2/SC(=Nc3ccc(OC)cc3)N(CC)C2=O)cc1Br. The molecule has 3 rings (SSSR count). The first-order valence-electron chi connectivity index (χ1n) is 9.85. The lowest BCUT2D eigenvalue weighted by atomic mass is 10.2. The van der Waals surface area contributed by atoms with E-state index in [2.05, 4.69) is 27.8 Å². The third-order valence-electron chi connectivity index (χ3n) is 4.66. The lowest BCUT2D eigenvalue weighted by molar-refractivity contribution is -0.122. The highest BCUT2D eigenvalue weighted by molar-refractivity contribution is 9.10. The number of thioether (sulfide) groups is 1. The fourth-order valence-electron chi connectivity index (χ4n) is 2.79. The zero-order chi connectivity index (χ0) is 21.7. The van der Waals surface area contributed by atoms with Crippen LogP contribution in [0, 0.1) is 0 Å². The first kappa shape index (κ1) is 22.4. The maximum atomic E-state index is 12.9. The second kappa shape index (κ2) is 10.2. The summed E-state index contributed by atoms with van der Waals surface area (Å²) in [5.74, 6) is 1.54. The van der Waals surface area contributed by atoms with E-state index >= 15 is 0 Å². The highest BCUT2D eigenvalue weighted by Crippen LogP contribution is 2.35. The van der Waals surface area contributed by atoms with Gasteiger partial charge in [-0.05, 0) is 96.0 Å². The van der Waals surface area contributed by atoms with Crippen molar-refractivity contribution in [3.63, 3.8) is 0 Å². The zero-order valence-electron chi connectivity index (χ0n) is 17.5. The summed E-state index contributed by atoms with van der Waals surface area (Å²) in [6.07, 6.45) is 2.98. The molecule has 30 heavy (non-hydrogen) atoms. The van der Waals surface area contributed by atoms with E-state index in [1.807, 2.05) is 62.4 Å². The van der Waals surface area contributed by atoms with Crippen LogP contribution in [0.5, 0.6) is 11.5 Å². The largest absolute Gasteiger partial charge is 0.497 e. The number of amides is 1. The Bertz CT molecular complexity index is 973. The minimum atomic E-state index is -0.0363. The molecule has 1 saturated heterocycles.